The molecule has 2 aromatic carbocycles. The lowest BCUT2D eigenvalue weighted by molar-refractivity contribution is -0.139. The van der Waals surface area contributed by atoms with Crippen LogP contribution in [0.3, 0.4) is 0 Å². The van der Waals surface area contributed by atoms with E-state index < -0.39 is 0 Å². The van der Waals surface area contributed by atoms with Crippen molar-refractivity contribution >= 4 is 34.8 Å². The maximum atomic E-state index is 12.5. The van der Waals surface area contributed by atoms with Crippen LogP contribution in [-0.4, -0.2) is 49.5 Å². The summed E-state index contributed by atoms with van der Waals surface area (Å²) >= 11 is 6.54. The van der Waals surface area contributed by atoms with Crippen molar-refractivity contribution in [3.8, 4) is 5.75 Å². The first kappa shape index (κ1) is 25.9. The van der Waals surface area contributed by atoms with Crippen LogP contribution in [0.5, 0.6) is 5.75 Å². The lowest BCUT2D eigenvalue weighted by atomic mass is 9.94. The molecule has 1 heterocycles. The second-order valence-corrected chi connectivity index (χ2v) is 10.3. The van der Waals surface area contributed by atoms with E-state index in [0.29, 0.717) is 35.5 Å². The fraction of sp³-hybridized carbons (Fsp3) is 0.481. The molecule has 1 saturated heterocycles. The van der Waals surface area contributed by atoms with Gasteiger partial charge in [-0.05, 0) is 48.2 Å². The maximum Gasteiger partial charge on any atom is 0.262 e. The average molecular weight is 486 g/mol. The summed E-state index contributed by atoms with van der Waals surface area (Å²) < 4.78 is 5.63. The topological polar surface area (TPSA) is 61.9 Å². The van der Waals surface area contributed by atoms with Gasteiger partial charge in [-0.25, -0.2) is 0 Å². The summed E-state index contributed by atoms with van der Waals surface area (Å²) in [6.07, 6.45) is 1.08. The molecule has 0 saturated carbocycles. The molecule has 6 nitrogen and oxygen atoms in total. The lowest BCUT2D eigenvalue weighted by Crippen LogP contribution is -2.51. The number of hydrogen-bond donors (Lipinski definition) is 1. The number of piperazine rings is 1. The Balaban J connectivity index is 1.51. The number of anilines is 2. The van der Waals surface area contributed by atoms with Crippen molar-refractivity contribution in [3.05, 3.63) is 53.1 Å². The molecule has 0 aromatic heterocycles. The average Bonchev–Trinajstić information content (AvgIpc) is 2.82. The van der Waals surface area contributed by atoms with E-state index in [0.717, 1.165) is 25.2 Å². The number of carbonyl (C=O) groups excluding carboxylic acids is 2. The van der Waals surface area contributed by atoms with Crippen molar-refractivity contribution in [3.63, 3.8) is 0 Å². The minimum atomic E-state index is -0.375. The van der Waals surface area contributed by atoms with Crippen molar-refractivity contribution in [2.45, 2.75) is 47.0 Å². The molecule has 1 fully saturated rings. The highest BCUT2D eigenvalue weighted by Crippen LogP contribution is 2.30. The second kappa shape index (κ2) is 11.1. The molecule has 0 spiro atoms. The molecule has 184 valence electrons. The standard InChI is InChI=1S/C27H36ClN3O3/c1-6-19(2)20-7-10-22(11-8-20)34-18-25(32)29-21-9-12-24(23(28)17-21)30-13-15-31(16-14-30)26(33)27(3,4)5/h7-12,17,19H,6,13-16,18H2,1-5H3,(H,29,32)/t19-/m1/s1. The normalized spacial score (nSPS) is 15.1. The summed E-state index contributed by atoms with van der Waals surface area (Å²) in [7, 11) is 0. The van der Waals surface area contributed by atoms with Gasteiger partial charge >= 0.3 is 0 Å². The third-order valence-electron chi connectivity index (χ3n) is 6.21. The van der Waals surface area contributed by atoms with Crippen molar-refractivity contribution < 1.29 is 14.3 Å². The minimum Gasteiger partial charge on any atom is -0.484 e. The molecule has 34 heavy (non-hydrogen) atoms. The molecule has 0 radical (unpaired) electrons. The van der Waals surface area contributed by atoms with Gasteiger partial charge in [-0.2, -0.15) is 0 Å². The molecule has 3 rings (SSSR count). The summed E-state index contributed by atoms with van der Waals surface area (Å²) in [4.78, 5) is 29.0. The van der Waals surface area contributed by atoms with E-state index in [1.807, 2.05) is 62.1 Å². The van der Waals surface area contributed by atoms with Gasteiger partial charge < -0.3 is 19.9 Å². The molecule has 0 aliphatic carbocycles. The predicted molar refractivity (Wildman–Crippen MR) is 139 cm³/mol. The summed E-state index contributed by atoms with van der Waals surface area (Å²) in [5, 5.41) is 3.41. The van der Waals surface area contributed by atoms with Crippen LogP contribution in [0, 0.1) is 5.41 Å². The predicted octanol–water partition coefficient (Wildman–Crippen LogP) is 5.57. The van der Waals surface area contributed by atoms with E-state index in [-0.39, 0.29) is 23.8 Å². The maximum absolute atomic E-state index is 12.5. The molecule has 2 aromatic rings. The molecule has 1 atom stereocenters. The van der Waals surface area contributed by atoms with Crippen molar-refractivity contribution in [2.24, 2.45) is 5.41 Å². The first-order chi connectivity index (χ1) is 16.1. The van der Waals surface area contributed by atoms with Gasteiger partial charge in [0.1, 0.15) is 5.75 Å². The summed E-state index contributed by atoms with van der Waals surface area (Å²) in [6, 6.07) is 13.4. The van der Waals surface area contributed by atoms with Crippen molar-refractivity contribution in [1.82, 2.24) is 4.90 Å². The molecule has 1 N–H and O–H groups in total. The van der Waals surface area contributed by atoms with E-state index in [1.165, 1.54) is 5.56 Å². The molecule has 2 amide bonds. The molecule has 7 heteroatoms. The van der Waals surface area contributed by atoms with E-state index in [4.69, 9.17) is 16.3 Å². The molecular formula is C27H36ClN3O3. The van der Waals surface area contributed by atoms with Crippen LogP contribution >= 0.6 is 11.6 Å². The Morgan fingerprint density at radius 2 is 1.71 bits per heavy atom. The van der Waals surface area contributed by atoms with Crippen molar-refractivity contribution in [1.29, 1.82) is 0 Å². The Morgan fingerprint density at radius 1 is 1.06 bits per heavy atom. The van der Waals surface area contributed by atoms with E-state index >= 15 is 0 Å². The van der Waals surface area contributed by atoms with Crippen LogP contribution in [0.25, 0.3) is 0 Å². The van der Waals surface area contributed by atoms with Gasteiger partial charge in [0.2, 0.25) is 5.91 Å². The number of ether oxygens (including phenoxy) is 1. The van der Waals surface area contributed by atoms with Crippen LogP contribution in [0.15, 0.2) is 42.5 Å². The number of halogens is 1. The summed E-state index contributed by atoms with van der Waals surface area (Å²) in [6.45, 7) is 12.9. The third kappa shape index (κ3) is 6.66. The van der Waals surface area contributed by atoms with Gasteiger partial charge in [-0.3, -0.25) is 9.59 Å². The highest BCUT2D eigenvalue weighted by Gasteiger charge is 2.30. The monoisotopic (exact) mass is 485 g/mol. The highest BCUT2D eigenvalue weighted by atomic mass is 35.5. The Morgan fingerprint density at radius 3 is 2.26 bits per heavy atom. The Kier molecular flexibility index (Phi) is 8.47. The van der Waals surface area contributed by atoms with E-state index in [1.54, 1.807) is 6.07 Å². The number of nitrogens with zero attached hydrogens (tertiary/aromatic N) is 2. The van der Waals surface area contributed by atoms with Crippen LogP contribution in [0.1, 0.15) is 52.5 Å². The number of rotatable bonds is 7. The zero-order valence-corrected chi connectivity index (χ0v) is 21.6. The first-order valence-electron chi connectivity index (χ1n) is 11.9. The molecular weight excluding hydrogens is 450 g/mol. The van der Waals surface area contributed by atoms with Gasteiger partial charge in [-0.15, -0.1) is 0 Å². The second-order valence-electron chi connectivity index (χ2n) is 9.91. The number of benzene rings is 2. The Bertz CT molecular complexity index is 993. The largest absolute Gasteiger partial charge is 0.484 e. The quantitative estimate of drug-likeness (QED) is 0.557. The van der Waals surface area contributed by atoms with Crippen LogP contribution in [0.4, 0.5) is 11.4 Å². The fourth-order valence-electron chi connectivity index (χ4n) is 3.94. The smallest absolute Gasteiger partial charge is 0.262 e. The van der Waals surface area contributed by atoms with Crippen LogP contribution < -0.4 is 15.0 Å². The van der Waals surface area contributed by atoms with Crippen LogP contribution in [-0.2, 0) is 9.59 Å². The van der Waals surface area contributed by atoms with E-state index in [2.05, 4.69) is 24.1 Å². The molecule has 0 bridgehead atoms. The number of amides is 2. The number of nitrogens with one attached hydrogen (secondary N) is 1. The van der Waals surface area contributed by atoms with Gasteiger partial charge in [0.15, 0.2) is 6.61 Å². The Hall–Kier alpha value is -2.73. The zero-order valence-electron chi connectivity index (χ0n) is 20.9. The lowest BCUT2D eigenvalue weighted by Gasteiger charge is -2.39. The first-order valence-corrected chi connectivity index (χ1v) is 12.3. The molecule has 1 aliphatic rings. The fourth-order valence-corrected chi connectivity index (χ4v) is 4.24. The highest BCUT2D eigenvalue weighted by molar-refractivity contribution is 6.33. The van der Waals surface area contributed by atoms with E-state index in [9.17, 15) is 9.59 Å². The summed E-state index contributed by atoms with van der Waals surface area (Å²) in [5.74, 6) is 1.09. The molecule has 1 aliphatic heterocycles. The van der Waals surface area contributed by atoms with Gasteiger partial charge in [-0.1, -0.05) is 58.4 Å². The van der Waals surface area contributed by atoms with Gasteiger partial charge in [0.05, 0.1) is 10.7 Å². The zero-order chi connectivity index (χ0) is 24.9. The third-order valence-corrected chi connectivity index (χ3v) is 6.51. The molecule has 0 unspecified atom stereocenters. The van der Waals surface area contributed by atoms with Crippen molar-refractivity contribution in [2.75, 3.05) is 43.0 Å². The Labute approximate surface area is 208 Å². The van der Waals surface area contributed by atoms with Crippen LogP contribution in [0.2, 0.25) is 5.02 Å². The minimum absolute atomic E-state index is 0.0776. The van der Waals surface area contributed by atoms with Gasteiger partial charge in [0, 0.05) is 37.3 Å². The van der Waals surface area contributed by atoms with Gasteiger partial charge in [0.25, 0.3) is 5.91 Å². The summed E-state index contributed by atoms with van der Waals surface area (Å²) in [5.41, 5.74) is 2.41. The number of carbonyl (C=O) groups is 2. The SMILES string of the molecule is CC[C@@H](C)c1ccc(OCC(=O)Nc2ccc(N3CCN(C(=O)C(C)(C)C)CC3)c(Cl)c2)cc1. The number of hydrogen-bond acceptors (Lipinski definition) is 4.